The maximum atomic E-state index is 13.7. The maximum absolute atomic E-state index is 13.7. The van der Waals surface area contributed by atoms with E-state index in [9.17, 15) is 9.65 Å². The van der Waals surface area contributed by atoms with Crippen LogP contribution in [0.25, 0.3) is 11.5 Å². The van der Waals surface area contributed by atoms with E-state index in [4.69, 9.17) is 4.42 Å². The number of nitriles is 1. The Morgan fingerprint density at radius 2 is 2.13 bits per heavy atom. The Labute approximate surface area is 182 Å². The highest BCUT2D eigenvalue weighted by molar-refractivity contribution is 5.61. The van der Waals surface area contributed by atoms with Gasteiger partial charge in [0.2, 0.25) is 17.5 Å². The molecule has 4 aliphatic rings. The van der Waals surface area contributed by atoms with Crippen LogP contribution in [-0.4, -0.2) is 41.6 Å². The van der Waals surface area contributed by atoms with Crippen molar-refractivity contribution in [1.29, 1.82) is 5.26 Å². The van der Waals surface area contributed by atoms with Gasteiger partial charge in [0.25, 0.3) is 0 Å². The van der Waals surface area contributed by atoms with Gasteiger partial charge in [0, 0.05) is 24.7 Å². The van der Waals surface area contributed by atoms with Crippen LogP contribution in [0.5, 0.6) is 0 Å². The Kier molecular flexibility index (Phi) is 4.61. The zero-order chi connectivity index (χ0) is 20.9. The van der Waals surface area contributed by atoms with Crippen molar-refractivity contribution in [1.82, 2.24) is 9.88 Å². The van der Waals surface area contributed by atoms with E-state index in [0.717, 1.165) is 25.9 Å². The number of piperidine rings is 3. The summed E-state index contributed by atoms with van der Waals surface area (Å²) in [6.07, 6.45) is 9.95. The molecule has 1 aromatic heterocycles. The van der Waals surface area contributed by atoms with E-state index in [1.54, 1.807) is 12.1 Å². The van der Waals surface area contributed by atoms with E-state index in [-0.39, 0.29) is 11.9 Å². The smallest absolute Gasteiger partial charge is 0.235 e. The van der Waals surface area contributed by atoms with Crippen molar-refractivity contribution in [3.63, 3.8) is 0 Å². The van der Waals surface area contributed by atoms with Gasteiger partial charge < -0.3 is 9.32 Å². The number of fused-ring (bicyclic) bond motifs is 6. The maximum Gasteiger partial charge on any atom is 0.235 e. The summed E-state index contributed by atoms with van der Waals surface area (Å²) in [6.45, 7) is 3.20. The van der Waals surface area contributed by atoms with E-state index < -0.39 is 0 Å². The second-order valence-electron chi connectivity index (χ2n) is 9.50. The van der Waals surface area contributed by atoms with Crippen LogP contribution in [0.15, 0.2) is 40.3 Å². The first kappa shape index (κ1) is 19.1. The van der Waals surface area contributed by atoms with Crippen LogP contribution in [0.2, 0.25) is 0 Å². The third-order valence-corrected chi connectivity index (χ3v) is 7.70. The number of hydrogen-bond donors (Lipinski definition) is 0. The molecule has 31 heavy (non-hydrogen) atoms. The molecule has 160 valence electrons. The first-order chi connectivity index (χ1) is 15.2. The first-order valence-electron chi connectivity index (χ1n) is 11.6. The van der Waals surface area contributed by atoms with Crippen molar-refractivity contribution in [2.45, 2.75) is 50.6 Å². The van der Waals surface area contributed by atoms with Crippen molar-refractivity contribution >= 4 is 5.88 Å². The molecule has 2 aromatic rings. The lowest BCUT2D eigenvalue weighted by Crippen LogP contribution is -2.59. The molecule has 0 radical (unpaired) electrons. The number of aromatic nitrogens is 1. The summed E-state index contributed by atoms with van der Waals surface area (Å²) in [7, 11) is 0. The Morgan fingerprint density at radius 3 is 3.00 bits per heavy atom. The molecule has 2 bridgehead atoms. The summed E-state index contributed by atoms with van der Waals surface area (Å²) < 4.78 is 19.9. The number of rotatable bonds is 2. The molecule has 0 N–H and O–H groups in total. The van der Waals surface area contributed by atoms with Gasteiger partial charge >= 0.3 is 0 Å². The lowest BCUT2D eigenvalue weighted by atomic mass is 9.68. The Morgan fingerprint density at radius 1 is 1.19 bits per heavy atom. The van der Waals surface area contributed by atoms with Gasteiger partial charge in [-0.1, -0.05) is 24.1 Å². The quantitative estimate of drug-likeness (QED) is 0.659. The van der Waals surface area contributed by atoms with Crippen molar-refractivity contribution in [3.8, 4) is 17.5 Å². The molecule has 1 aliphatic carbocycles. The van der Waals surface area contributed by atoms with Crippen LogP contribution < -0.4 is 4.90 Å². The highest BCUT2D eigenvalue weighted by atomic mass is 19.1. The summed E-state index contributed by atoms with van der Waals surface area (Å²) >= 11 is 0. The minimum Gasteiger partial charge on any atom is -0.419 e. The monoisotopic (exact) mass is 418 g/mol. The zero-order valence-electron chi connectivity index (χ0n) is 17.6. The molecular formula is C25H27FN4O. The van der Waals surface area contributed by atoms with Gasteiger partial charge in [-0.3, -0.25) is 4.90 Å². The molecule has 3 fully saturated rings. The number of oxazole rings is 1. The fraction of sp³-hybridized carbons (Fsp3) is 0.520. The molecule has 4 atom stereocenters. The summed E-state index contributed by atoms with van der Waals surface area (Å²) in [5.41, 5.74) is 2.38. The normalized spacial score (nSPS) is 30.2. The molecule has 6 heteroatoms. The van der Waals surface area contributed by atoms with Gasteiger partial charge in [0.05, 0.1) is 6.04 Å². The predicted octanol–water partition coefficient (Wildman–Crippen LogP) is 4.75. The molecule has 0 saturated carbocycles. The highest BCUT2D eigenvalue weighted by Crippen LogP contribution is 2.46. The Hall–Kier alpha value is -2.65. The molecule has 4 heterocycles. The number of benzene rings is 1. The molecule has 1 aromatic carbocycles. The van der Waals surface area contributed by atoms with Crippen LogP contribution in [0.3, 0.4) is 0 Å². The van der Waals surface area contributed by atoms with Crippen molar-refractivity contribution in [3.05, 3.63) is 47.4 Å². The van der Waals surface area contributed by atoms with Crippen molar-refractivity contribution in [2.75, 3.05) is 24.5 Å². The first-order valence-corrected chi connectivity index (χ1v) is 11.6. The minimum absolute atomic E-state index is 0.272. The molecule has 0 amide bonds. The fourth-order valence-corrected chi connectivity index (χ4v) is 6.53. The van der Waals surface area contributed by atoms with E-state index >= 15 is 0 Å². The minimum atomic E-state index is -0.337. The lowest BCUT2D eigenvalue weighted by Gasteiger charge is -2.54. The second-order valence-corrected chi connectivity index (χ2v) is 9.50. The van der Waals surface area contributed by atoms with E-state index in [1.807, 2.05) is 0 Å². The third-order valence-electron chi connectivity index (χ3n) is 7.70. The lowest BCUT2D eigenvalue weighted by molar-refractivity contribution is 0.0306. The molecule has 0 spiro atoms. The van der Waals surface area contributed by atoms with Gasteiger partial charge in [-0.05, 0) is 68.7 Å². The molecule has 6 rings (SSSR count). The largest absolute Gasteiger partial charge is 0.419 e. The molecule has 5 nitrogen and oxygen atoms in total. The predicted molar refractivity (Wildman–Crippen MR) is 116 cm³/mol. The molecule has 3 aliphatic heterocycles. The van der Waals surface area contributed by atoms with Gasteiger partial charge in [-0.15, -0.1) is 0 Å². The number of nitrogens with zero attached hydrogens (tertiary/aromatic N) is 4. The third kappa shape index (κ3) is 3.18. The zero-order valence-corrected chi connectivity index (χ0v) is 17.6. The molecular weight excluding hydrogens is 391 g/mol. The summed E-state index contributed by atoms with van der Waals surface area (Å²) in [5, 5.41) is 9.79. The second kappa shape index (κ2) is 7.49. The van der Waals surface area contributed by atoms with Crippen LogP contribution >= 0.6 is 0 Å². The Balaban J connectivity index is 1.38. The topological polar surface area (TPSA) is 56.3 Å². The summed E-state index contributed by atoms with van der Waals surface area (Å²) in [6, 6.07) is 9.42. The van der Waals surface area contributed by atoms with Crippen LogP contribution in [0.4, 0.5) is 10.3 Å². The fourth-order valence-electron chi connectivity index (χ4n) is 6.53. The van der Waals surface area contributed by atoms with Gasteiger partial charge in [0.15, 0.2) is 0 Å². The van der Waals surface area contributed by atoms with Crippen LogP contribution in [0.1, 0.15) is 44.2 Å². The van der Waals surface area contributed by atoms with Crippen LogP contribution in [-0.2, 0) is 0 Å². The molecule has 4 unspecified atom stereocenters. The SMILES string of the molecule is N#Cc1nc(-c2cccc(F)c2)oc1N1CCCC2=CC3CC(CN4CCCCC34)C21. The van der Waals surface area contributed by atoms with E-state index in [2.05, 4.69) is 26.9 Å². The number of anilines is 1. The average molecular weight is 419 g/mol. The summed E-state index contributed by atoms with van der Waals surface area (Å²) in [5.74, 6) is 1.75. The van der Waals surface area contributed by atoms with E-state index in [1.165, 1.54) is 49.9 Å². The highest BCUT2D eigenvalue weighted by Gasteiger charge is 2.47. The number of halogens is 1. The summed E-state index contributed by atoms with van der Waals surface area (Å²) in [4.78, 5) is 9.43. The van der Waals surface area contributed by atoms with Gasteiger partial charge in [0.1, 0.15) is 11.9 Å². The van der Waals surface area contributed by atoms with Crippen LogP contribution in [0, 0.1) is 29.0 Å². The van der Waals surface area contributed by atoms with Crippen molar-refractivity contribution < 1.29 is 8.81 Å². The molecule has 3 saturated heterocycles. The Bertz CT molecular complexity index is 1070. The average Bonchev–Trinajstić information content (AvgIpc) is 3.23. The van der Waals surface area contributed by atoms with Gasteiger partial charge in [-0.2, -0.15) is 10.2 Å². The van der Waals surface area contributed by atoms with Gasteiger partial charge in [-0.25, -0.2) is 4.39 Å². The van der Waals surface area contributed by atoms with E-state index in [0.29, 0.717) is 40.9 Å². The number of hydrogen-bond acceptors (Lipinski definition) is 5. The van der Waals surface area contributed by atoms with Crippen molar-refractivity contribution in [2.24, 2.45) is 11.8 Å². The standard InChI is InChI=1S/C25H27FN4O/c26-20-7-3-5-17(13-20)24-28-21(14-27)25(31-24)30-10-4-6-16-11-18-12-19(23(16)30)15-29-9-2-1-8-22(18)29/h3,5,7,11,13,18-19,22-23H,1-2,4,6,8-10,12,15H2.